The first-order valence-corrected chi connectivity index (χ1v) is 7.78. The minimum atomic E-state index is 0.603. The Balaban J connectivity index is 1.98. The fraction of sp³-hybridized carbons (Fsp3) is 0.300. The molecule has 0 heterocycles. The van der Waals surface area contributed by atoms with Gasteiger partial charge in [0.05, 0.1) is 0 Å². The summed E-state index contributed by atoms with van der Waals surface area (Å²) in [6, 6.07) is 15.3. The lowest BCUT2D eigenvalue weighted by atomic mass is 9.96. The molecule has 0 radical (unpaired) electrons. The molecule has 21 heavy (non-hydrogen) atoms. The van der Waals surface area contributed by atoms with Crippen LogP contribution in [-0.4, -0.2) is 0 Å². The molecule has 0 saturated carbocycles. The third-order valence-electron chi connectivity index (χ3n) is 4.13. The van der Waals surface area contributed by atoms with E-state index in [2.05, 4.69) is 62.4 Å². The van der Waals surface area contributed by atoms with Crippen LogP contribution in [0.4, 0.5) is 0 Å². The van der Waals surface area contributed by atoms with Gasteiger partial charge in [0.15, 0.2) is 0 Å². The molecular formula is C20H23N. The molecule has 1 heteroatoms. The standard InChI is InChI=1S/C20H23N/c1-14(2)10-16-11-18-4-3-5-19(20(18)12-16)17-8-6-15(13-21)7-9-17/h3-9,12,14H,10-11,13,21H2,1-2H3. The van der Waals surface area contributed by atoms with Crippen molar-refractivity contribution in [2.45, 2.75) is 33.2 Å². The minimum Gasteiger partial charge on any atom is -0.326 e. The Hall–Kier alpha value is -1.86. The van der Waals surface area contributed by atoms with Gasteiger partial charge >= 0.3 is 0 Å². The van der Waals surface area contributed by atoms with E-state index in [1.807, 2.05) is 0 Å². The molecule has 3 rings (SSSR count). The molecule has 0 saturated heterocycles. The number of allylic oxidation sites excluding steroid dienone is 1. The van der Waals surface area contributed by atoms with E-state index in [1.54, 1.807) is 5.57 Å². The van der Waals surface area contributed by atoms with E-state index < -0.39 is 0 Å². The van der Waals surface area contributed by atoms with Crippen LogP contribution in [0, 0.1) is 5.92 Å². The van der Waals surface area contributed by atoms with Gasteiger partial charge in [-0.3, -0.25) is 0 Å². The molecule has 1 aliphatic rings. The fourth-order valence-corrected chi connectivity index (χ4v) is 3.16. The molecule has 0 bridgehead atoms. The topological polar surface area (TPSA) is 26.0 Å². The number of hydrogen-bond donors (Lipinski definition) is 1. The van der Waals surface area contributed by atoms with E-state index in [9.17, 15) is 0 Å². The average Bonchev–Trinajstić information content (AvgIpc) is 2.88. The van der Waals surface area contributed by atoms with Gasteiger partial charge in [-0.15, -0.1) is 0 Å². The zero-order valence-electron chi connectivity index (χ0n) is 12.9. The molecule has 0 atom stereocenters. The average molecular weight is 277 g/mol. The lowest BCUT2D eigenvalue weighted by Crippen LogP contribution is -1.95. The van der Waals surface area contributed by atoms with Crippen molar-refractivity contribution in [3.05, 3.63) is 64.7 Å². The Morgan fingerprint density at radius 2 is 1.81 bits per heavy atom. The van der Waals surface area contributed by atoms with E-state index >= 15 is 0 Å². The van der Waals surface area contributed by atoms with Gasteiger partial charge in [-0.1, -0.05) is 68.0 Å². The number of hydrogen-bond acceptors (Lipinski definition) is 1. The van der Waals surface area contributed by atoms with Crippen LogP contribution in [0.5, 0.6) is 0 Å². The SMILES string of the molecule is CC(C)CC1=Cc2c(cccc2-c2ccc(CN)cc2)C1. The van der Waals surface area contributed by atoms with Crippen molar-refractivity contribution in [3.63, 3.8) is 0 Å². The largest absolute Gasteiger partial charge is 0.326 e. The van der Waals surface area contributed by atoms with Crippen LogP contribution in [-0.2, 0) is 13.0 Å². The van der Waals surface area contributed by atoms with Crippen LogP contribution in [0.15, 0.2) is 48.0 Å². The number of rotatable bonds is 4. The summed E-state index contributed by atoms with van der Waals surface area (Å²) < 4.78 is 0. The third-order valence-corrected chi connectivity index (χ3v) is 4.13. The summed E-state index contributed by atoms with van der Waals surface area (Å²) >= 11 is 0. The summed E-state index contributed by atoms with van der Waals surface area (Å²) in [5.41, 5.74) is 13.9. The Labute approximate surface area is 127 Å². The van der Waals surface area contributed by atoms with Gasteiger partial charge < -0.3 is 5.73 Å². The molecule has 108 valence electrons. The molecule has 0 aromatic heterocycles. The molecular weight excluding hydrogens is 254 g/mol. The van der Waals surface area contributed by atoms with Crippen LogP contribution in [0.2, 0.25) is 0 Å². The molecule has 0 unspecified atom stereocenters. The summed E-state index contributed by atoms with van der Waals surface area (Å²) in [5.74, 6) is 0.720. The second-order valence-corrected chi connectivity index (χ2v) is 6.36. The first kappa shape index (κ1) is 14.1. The normalized spacial score (nSPS) is 13.4. The van der Waals surface area contributed by atoms with Gasteiger partial charge in [0.25, 0.3) is 0 Å². The first-order valence-electron chi connectivity index (χ1n) is 7.78. The van der Waals surface area contributed by atoms with E-state index in [0.29, 0.717) is 6.54 Å². The van der Waals surface area contributed by atoms with Crippen LogP contribution < -0.4 is 5.73 Å². The highest BCUT2D eigenvalue weighted by atomic mass is 14.5. The molecule has 0 fully saturated rings. The van der Waals surface area contributed by atoms with Crippen molar-refractivity contribution >= 4 is 6.08 Å². The van der Waals surface area contributed by atoms with E-state index in [4.69, 9.17) is 5.73 Å². The summed E-state index contributed by atoms with van der Waals surface area (Å²) in [6.07, 6.45) is 4.71. The highest BCUT2D eigenvalue weighted by molar-refractivity contribution is 5.80. The van der Waals surface area contributed by atoms with Crippen molar-refractivity contribution in [1.82, 2.24) is 0 Å². The predicted molar refractivity (Wildman–Crippen MR) is 90.9 cm³/mol. The Bertz CT molecular complexity index is 663. The Kier molecular flexibility index (Phi) is 3.94. The van der Waals surface area contributed by atoms with E-state index in [1.165, 1.54) is 34.2 Å². The van der Waals surface area contributed by atoms with Gasteiger partial charge in [0.2, 0.25) is 0 Å². The first-order chi connectivity index (χ1) is 10.2. The number of fused-ring (bicyclic) bond motifs is 1. The van der Waals surface area contributed by atoms with Gasteiger partial charge in [0.1, 0.15) is 0 Å². The minimum absolute atomic E-state index is 0.603. The summed E-state index contributed by atoms with van der Waals surface area (Å²) in [5, 5.41) is 0. The second kappa shape index (κ2) is 5.87. The molecule has 2 N–H and O–H groups in total. The van der Waals surface area contributed by atoms with Gasteiger partial charge in [-0.05, 0) is 46.6 Å². The molecule has 0 spiro atoms. The van der Waals surface area contributed by atoms with Crippen molar-refractivity contribution in [2.75, 3.05) is 0 Å². The molecule has 2 aromatic carbocycles. The summed E-state index contributed by atoms with van der Waals surface area (Å²) in [7, 11) is 0. The van der Waals surface area contributed by atoms with Crippen molar-refractivity contribution < 1.29 is 0 Å². The number of benzene rings is 2. The van der Waals surface area contributed by atoms with Crippen LogP contribution in [0.1, 0.15) is 37.0 Å². The molecule has 2 aromatic rings. The third kappa shape index (κ3) is 2.93. The van der Waals surface area contributed by atoms with Gasteiger partial charge in [-0.25, -0.2) is 0 Å². The molecule has 1 aliphatic carbocycles. The van der Waals surface area contributed by atoms with Gasteiger partial charge in [0, 0.05) is 6.54 Å². The van der Waals surface area contributed by atoms with Crippen molar-refractivity contribution in [2.24, 2.45) is 11.7 Å². The number of nitrogens with two attached hydrogens (primary N) is 1. The molecule has 1 nitrogen and oxygen atoms in total. The Morgan fingerprint density at radius 3 is 2.48 bits per heavy atom. The highest BCUT2D eigenvalue weighted by Crippen LogP contribution is 2.35. The lowest BCUT2D eigenvalue weighted by molar-refractivity contribution is 0.638. The van der Waals surface area contributed by atoms with Gasteiger partial charge in [-0.2, -0.15) is 0 Å². The monoisotopic (exact) mass is 277 g/mol. The van der Waals surface area contributed by atoms with E-state index in [-0.39, 0.29) is 0 Å². The van der Waals surface area contributed by atoms with Crippen LogP contribution in [0.3, 0.4) is 0 Å². The maximum absolute atomic E-state index is 5.68. The highest BCUT2D eigenvalue weighted by Gasteiger charge is 2.17. The molecule has 0 amide bonds. The quantitative estimate of drug-likeness (QED) is 0.853. The van der Waals surface area contributed by atoms with Crippen LogP contribution in [0.25, 0.3) is 17.2 Å². The summed E-state index contributed by atoms with van der Waals surface area (Å²) in [6.45, 7) is 5.18. The smallest absolute Gasteiger partial charge is 0.0178 e. The van der Waals surface area contributed by atoms with Crippen molar-refractivity contribution in [1.29, 1.82) is 0 Å². The zero-order chi connectivity index (χ0) is 14.8. The lowest BCUT2D eigenvalue weighted by Gasteiger charge is -2.08. The predicted octanol–water partition coefficient (Wildman–Crippen LogP) is 4.80. The fourth-order valence-electron chi connectivity index (χ4n) is 3.16. The van der Waals surface area contributed by atoms with Crippen molar-refractivity contribution in [3.8, 4) is 11.1 Å². The summed E-state index contributed by atoms with van der Waals surface area (Å²) in [4.78, 5) is 0. The maximum atomic E-state index is 5.68. The van der Waals surface area contributed by atoms with E-state index in [0.717, 1.165) is 12.3 Å². The Morgan fingerprint density at radius 1 is 1.05 bits per heavy atom. The van der Waals surface area contributed by atoms with Crippen LogP contribution >= 0.6 is 0 Å². The zero-order valence-corrected chi connectivity index (χ0v) is 12.9. The maximum Gasteiger partial charge on any atom is 0.0178 e. The molecule has 0 aliphatic heterocycles. The second-order valence-electron chi connectivity index (χ2n) is 6.36.